The van der Waals surface area contributed by atoms with Crippen molar-refractivity contribution in [1.82, 2.24) is 15.0 Å². The number of hydrogen-bond donors (Lipinski definition) is 1. The normalized spacial score (nSPS) is 11.1. The van der Waals surface area contributed by atoms with Gasteiger partial charge in [0.2, 0.25) is 5.91 Å². The van der Waals surface area contributed by atoms with Crippen LogP contribution in [0.15, 0.2) is 47.6 Å². The van der Waals surface area contributed by atoms with Gasteiger partial charge in [0.25, 0.3) is 0 Å². The Morgan fingerprint density at radius 3 is 2.82 bits per heavy atom. The molecule has 1 heterocycles. The van der Waals surface area contributed by atoms with E-state index in [0.29, 0.717) is 23.9 Å². The molecule has 0 radical (unpaired) electrons. The standard InChI is InChI=1S/C21H24N4O3/c1-4-11-28-18-10-9-15(12-19(18)27-3)14-22-24-21(26)13-20-23-16-7-5-6-8-17(16)25(20)2/h5-10,12,14H,4,11,13H2,1-3H3,(H,24,26)/b22-14+. The summed E-state index contributed by atoms with van der Waals surface area (Å²) in [6, 6.07) is 13.3. The molecule has 7 nitrogen and oxygen atoms in total. The summed E-state index contributed by atoms with van der Waals surface area (Å²) in [5, 5.41) is 4.03. The first-order valence-electron chi connectivity index (χ1n) is 9.15. The van der Waals surface area contributed by atoms with Gasteiger partial charge in [-0.05, 0) is 42.3 Å². The summed E-state index contributed by atoms with van der Waals surface area (Å²) in [5.74, 6) is 1.77. The second-order valence-corrected chi connectivity index (χ2v) is 6.30. The van der Waals surface area contributed by atoms with Crippen LogP contribution in [-0.4, -0.2) is 35.4 Å². The van der Waals surface area contributed by atoms with Crippen LogP contribution in [0.5, 0.6) is 11.5 Å². The zero-order chi connectivity index (χ0) is 19.9. The molecule has 0 fully saturated rings. The number of methoxy groups -OCH3 is 1. The first kappa shape index (κ1) is 19.4. The van der Waals surface area contributed by atoms with Gasteiger partial charge in [0, 0.05) is 7.05 Å². The number of ether oxygens (including phenoxy) is 2. The summed E-state index contributed by atoms with van der Waals surface area (Å²) in [5.41, 5.74) is 5.20. The third-order valence-electron chi connectivity index (χ3n) is 4.25. The van der Waals surface area contributed by atoms with Gasteiger partial charge in [0.15, 0.2) is 11.5 Å². The molecule has 1 N–H and O–H groups in total. The number of hydrogen-bond acceptors (Lipinski definition) is 5. The highest BCUT2D eigenvalue weighted by Crippen LogP contribution is 2.27. The quantitative estimate of drug-likeness (QED) is 0.481. The van der Waals surface area contributed by atoms with Crippen LogP contribution in [0.1, 0.15) is 24.7 Å². The molecule has 28 heavy (non-hydrogen) atoms. The molecule has 0 bridgehead atoms. The molecular formula is C21H24N4O3. The summed E-state index contributed by atoms with van der Waals surface area (Å²) >= 11 is 0. The van der Waals surface area contributed by atoms with Crippen molar-refractivity contribution in [2.75, 3.05) is 13.7 Å². The molecule has 0 aliphatic rings. The predicted molar refractivity (Wildman–Crippen MR) is 109 cm³/mol. The molecule has 7 heteroatoms. The molecule has 2 aromatic carbocycles. The highest BCUT2D eigenvalue weighted by atomic mass is 16.5. The van der Waals surface area contributed by atoms with Gasteiger partial charge in [0.05, 0.1) is 37.4 Å². The van der Waals surface area contributed by atoms with E-state index in [0.717, 1.165) is 23.0 Å². The molecule has 3 rings (SSSR count). The van der Waals surface area contributed by atoms with Crippen molar-refractivity contribution >= 4 is 23.2 Å². The molecule has 0 unspecified atom stereocenters. The maximum absolute atomic E-state index is 12.2. The fourth-order valence-corrected chi connectivity index (χ4v) is 2.81. The molecule has 1 amide bonds. The minimum absolute atomic E-state index is 0.148. The first-order chi connectivity index (χ1) is 13.6. The summed E-state index contributed by atoms with van der Waals surface area (Å²) in [4.78, 5) is 16.7. The van der Waals surface area contributed by atoms with Gasteiger partial charge < -0.3 is 14.0 Å². The van der Waals surface area contributed by atoms with E-state index < -0.39 is 0 Å². The van der Waals surface area contributed by atoms with E-state index >= 15 is 0 Å². The average Bonchev–Trinajstić information content (AvgIpc) is 3.02. The lowest BCUT2D eigenvalue weighted by molar-refractivity contribution is -0.120. The van der Waals surface area contributed by atoms with E-state index in [9.17, 15) is 4.79 Å². The highest BCUT2D eigenvalue weighted by Gasteiger charge is 2.11. The Hall–Kier alpha value is -3.35. The Balaban J connectivity index is 1.62. The third-order valence-corrected chi connectivity index (χ3v) is 4.25. The molecule has 0 saturated heterocycles. The summed E-state index contributed by atoms with van der Waals surface area (Å²) in [6.45, 7) is 2.67. The number of benzene rings is 2. The van der Waals surface area contributed by atoms with Crippen molar-refractivity contribution in [1.29, 1.82) is 0 Å². The van der Waals surface area contributed by atoms with Gasteiger partial charge in [-0.15, -0.1) is 0 Å². The number of imidazole rings is 1. The fourth-order valence-electron chi connectivity index (χ4n) is 2.81. The second-order valence-electron chi connectivity index (χ2n) is 6.30. The van der Waals surface area contributed by atoms with Crippen LogP contribution in [0.2, 0.25) is 0 Å². The molecule has 0 aliphatic heterocycles. The molecule has 146 valence electrons. The Morgan fingerprint density at radius 1 is 1.25 bits per heavy atom. The van der Waals surface area contributed by atoms with Crippen molar-refractivity contribution in [3.8, 4) is 11.5 Å². The van der Waals surface area contributed by atoms with Crippen molar-refractivity contribution in [3.63, 3.8) is 0 Å². The van der Waals surface area contributed by atoms with E-state index in [1.165, 1.54) is 0 Å². The topological polar surface area (TPSA) is 77.7 Å². The fraction of sp³-hybridized carbons (Fsp3) is 0.286. The number of carbonyl (C=O) groups is 1. The molecule has 0 saturated carbocycles. The van der Waals surface area contributed by atoms with Gasteiger partial charge >= 0.3 is 0 Å². The third kappa shape index (κ3) is 4.49. The summed E-state index contributed by atoms with van der Waals surface area (Å²) in [7, 11) is 3.49. The van der Waals surface area contributed by atoms with E-state index in [-0.39, 0.29) is 12.3 Å². The van der Waals surface area contributed by atoms with Crippen LogP contribution in [0.4, 0.5) is 0 Å². The van der Waals surface area contributed by atoms with Crippen LogP contribution in [0.25, 0.3) is 11.0 Å². The van der Waals surface area contributed by atoms with E-state index in [1.54, 1.807) is 13.3 Å². The van der Waals surface area contributed by atoms with Crippen molar-refractivity contribution in [3.05, 3.63) is 53.9 Å². The van der Waals surface area contributed by atoms with E-state index in [2.05, 4.69) is 15.5 Å². The zero-order valence-electron chi connectivity index (χ0n) is 16.3. The first-order valence-corrected chi connectivity index (χ1v) is 9.15. The number of para-hydroxylation sites is 2. The Labute approximate surface area is 164 Å². The minimum atomic E-state index is -0.232. The summed E-state index contributed by atoms with van der Waals surface area (Å²) in [6.07, 6.45) is 2.64. The number of nitrogens with zero attached hydrogens (tertiary/aromatic N) is 3. The lowest BCUT2D eigenvalue weighted by Crippen LogP contribution is -2.21. The molecule has 0 spiro atoms. The maximum atomic E-state index is 12.2. The van der Waals surface area contributed by atoms with E-state index in [4.69, 9.17) is 9.47 Å². The molecule has 0 atom stereocenters. The average molecular weight is 380 g/mol. The van der Waals surface area contributed by atoms with Crippen molar-refractivity contribution < 1.29 is 14.3 Å². The van der Waals surface area contributed by atoms with Crippen LogP contribution < -0.4 is 14.9 Å². The van der Waals surface area contributed by atoms with Gasteiger partial charge in [-0.1, -0.05) is 19.1 Å². The van der Waals surface area contributed by atoms with Gasteiger partial charge in [-0.3, -0.25) is 4.79 Å². The Morgan fingerprint density at radius 2 is 2.07 bits per heavy atom. The second kappa shape index (κ2) is 9.03. The molecular weight excluding hydrogens is 356 g/mol. The predicted octanol–water partition coefficient (Wildman–Crippen LogP) is 3.06. The smallest absolute Gasteiger partial charge is 0.247 e. The number of nitrogens with one attached hydrogen (secondary N) is 1. The number of hydrazone groups is 1. The number of aromatic nitrogens is 2. The van der Waals surface area contributed by atoms with Crippen LogP contribution in [0, 0.1) is 0 Å². The van der Waals surface area contributed by atoms with Crippen molar-refractivity contribution in [2.45, 2.75) is 19.8 Å². The SMILES string of the molecule is CCCOc1ccc(/C=N/NC(=O)Cc2nc3ccccc3n2C)cc1OC. The zero-order valence-corrected chi connectivity index (χ0v) is 16.3. The number of rotatable bonds is 8. The Kier molecular flexibility index (Phi) is 6.26. The lowest BCUT2D eigenvalue weighted by atomic mass is 10.2. The molecule has 0 aliphatic carbocycles. The molecule has 3 aromatic rings. The minimum Gasteiger partial charge on any atom is -0.493 e. The van der Waals surface area contributed by atoms with Crippen LogP contribution >= 0.6 is 0 Å². The van der Waals surface area contributed by atoms with Crippen molar-refractivity contribution in [2.24, 2.45) is 12.1 Å². The largest absolute Gasteiger partial charge is 0.493 e. The monoisotopic (exact) mass is 380 g/mol. The maximum Gasteiger partial charge on any atom is 0.247 e. The number of aryl methyl sites for hydroxylation is 1. The number of carbonyl (C=O) groups excluding carboxylic acids is 1. The Bertz CT molecular complexity index is 994. The van der Waals surface area contributed by atoms with Gasteiger partial charge in [-0.2, -0.15) is 5.10 Å². The van der Waals surface area contributed by atoms with Gasteiger partial charge in [-0.25, -0.2) is 10.4 Å². The molecule has 1 aromatic heterocycles. The number of fused-ring (bicyclic) bond motifs is 1. The lowest BCUT2D eigenvalue weighted by Gasteiger charge is -2.10. The van der Waals surface area contributed by atoms with Gasteiger partial charge in [0.1, 0.15) is 5.82 Å². The highest BCUT2D eigenvalue weighted by molar-refractivity contribution is 5.84. The number of amides is 1. The summed E-state index contributed by atoms with van der Waals surface area (Å²) < 4.78 is 12.9. The van der Waals surface area contributed by atoms with Crippen LogP contribution in [-0.2, 0) is 18.3 Å². The van der Waals surface area contributed by atoms with E-state index in [1.807, 2.05) is 61.0 Å². The van der Waals surface area contributed by atoms with Crippen LogP contribution in [0.3, 0.4) is 0 Å².